The Kier molecular flexibility index (Phi) is 5.34. The van der Waals surface area contributed by atoms with E-state index in [2.05, 4.69) is 12.2 Å². The van der Waals surface area contributed by atoms with E-state index in [4.69, 9.17) is 25.2 Å². The average Bonchev–Trinajstić information content (AvgIpc) is 1.98. The summed E-state index contributed by atoms with van der Waals surface area (Å²) in [6.45, 7) is 1.42. The zero-order valence-corrected chi connectivity index (χ0v) is 8.12. The molecule has 5 nitrogen and oxygen atoms in total. The second-order valence-corrected chi connectivity index (χ2v) is 3.00. The number of aliphatic hydroxyl groups is 4. The second-order valence-electron chi connectivity index (χ2n) is 2.55. The van der Waals surface area contributed by atoms with Gasteiger partial charge in [-0.3, -0.25) is 0 Å². The number of aliphatic hydroxyl groups excluding tert-OH is 1. The van der Waals surface area contributed by atoms with Crippen molar-refractivity contribution in [2.75, 3.05) is 6.61 Å². The molecule has 0 aliphatic rings. The molecule has 1 unspecified atom stereocenters. The fourth-order valence-corrected chi connectivity index (χ4v) is 0.953. The number of thiocarbonyl (C=S) groups is 1. The zero-order chi connectivity index (χ0) is 10.5. The zero-order valence-electron chi connectivity index (χ0n) is 7.30. The van der Waals surface area contributed by atoms with Crippen LogP contribution in [0.2, 0.25) is 0 Å². The van der Waals surface area contributed by atoms with Crippen LogP contribution in [-0.2, 0) is 4.74 Å². The van der Waals surface area contributed by atoms with Crippen LogP contribution in [0.4, 0.5) is 0 Å². The Morgan fingerprint density at radius 1 is 1.46 bits per heavy atom. The lowest BCUT2D eigenvalue weighted by molar-refractivity contribution is -0.351. The molecule has 13 heavy (non-hydrogen) atoms. The number of hydrogen-bond acceptors (Lipinski definition) is 6. The minimum Gasteiger partial charge on any atom is -0.475 e. The van der Waals surface area contributed by atoms with Crippen LogP contribution in [0, 0.1) is 0 Å². The SMILES string of the molecule is CCC(OC(=S)CCO)C(O)(O)O. The molecule has 0 aromatic rings. The molecule has 0 heterocycles. The summed E-state index contributed by atoms with van der Waals surface area (Å²) >= 11 is 4.65. The summed E-state index contributed by atoms with van der Waals surface area (Å²) in [5.74, 6) is -2.89. The van der Waals surface area contributed by atoms with E-state index in [1.807, 2.05) is 0 Å². The predicted molar refractivity (Wildman–Crippen MR) is 48.9 cm³/mol. The van der Waals surface area contributed by atoms with Crippen molar-refractivity contribution in [1.82, 2.24) is 0 Å². The molecule has 1 atom stereocenters. The van der Waals surface area contributed by atoms with Crippen molar-refractivity contribution in [3.05, 3.63) is 0 Å². The highest BCUT2D eigenvalue weighted by molar-refractivity contribution is 7.80. The third-order valence-corrected chi connectivity index (χ3v) is 1.69. The van der Waals surface area contributed by atoms with Crippen LogP contribution < -0.4 is 0 Å². The Bertz CT molecular complexity index is 165. The molecule has 0 aromatic heterocycles. The Labute approximate surface area is 81.6 Å². The van der Waals surface area contributed by atoms with Gasteiger partial charge in [0.05, 0.1) is 6.61 Å². The van der Waals surface area contributed by atoms with Gasteiger partial charge < -0.3 is 25.2 Å². The van der Waals surface area contributed by atoms with E-state index in [1.54, 1.807) is 6.92 Å². The van der Waals surface area contributed by atoms with E-state index in [9.17, 15) is 0 Å². The summed E-state index contributed by atoms with van der Waals surface area (Å²) in [6, 6.07) is 0. The first-order chi connectivity index (χ1) is 5.91. The van der Waals surface area contributed by atoms with Crippen LogP contribution in [0.25, 0.3) is 0 Å². The third-order valence-electron chi connectivity index (χ3n) is 1.39. The minimum absolute atomic E-state index is 0.0378. The van der Waals surface area contributed by atoms with Crippen LogP contribution in [0.3, 0.4) is 0 Å². The summed E-state index contributed by atoms with van der Waals surface area (Å²) < 4.78 is 4.83. The highest BCUT2D eigenvalue weighted by atomic mass is 32.1. The number of rotatable bonds is 5. The Morgan fingerprint density at radius 2 is 2.00 bits per heavy atom. The van der Waals surface area contributed by atoms with Crippen LogP contribution in [0.15, 0.2) is 0 Å². The molecule has 0 bridgehead atoms. The molecule has 0 saturated heterocycles. The molecule has 0 spiro atoms. The molecule has 0 fully saturated rings. The van der Waals surface area contributed by atoms with Crippen LogP contribution in [0.5, 0.6) is 0 Å². The van der Waals surface area contributed by atoms with E-state index in [-0.39, 0.29) is 24.5 Å². The summed E-state index contributed by atoms with van der Waals surface area (Å²) in [4.78, 5) is 0. The molecule has 0 amide bonds. The highest BCUT2D eigenvalue weighted by Gasteiger charge is 2.33. The summed E-state index contributed by atoms with van der Waals surface area (Å²) in [5, 5.41) is 34.8. The van der Waals surface area contributed by atoms with E-state index in [1.165, 1.54) is 0 Å². The number of ether oxygens (including phenoxy) is 1. The van der Waals surface area contributed by atoms with Crippen LogP contribution >= 0.6 is 12.2 Å². The van der Waals surface area contributed by atoms with Gasteiger partial charge >= 0.3 is 5.97 Å². The van der Waals surface area contributed by atoms with Crippen molar-refractivity contribution in [2.45, 2.75) is 31.8 Å². The van der Waals surface area contributed by atoms with Crippen LogP contribution in [-0.4, -0.2) is 44.2 Å². The lowest BCUT2D eigenvalue weighted by Crippen LogP contribution is -2.44. The van der Waals surface area contributed by atoms with Crippen molar-refractivity contribution >= 4 is 17.3 Å². The lowest BCUT2D eigenvalue weighted by atomic mass is 10.2. The molecule has 0 aliphatic heterocycles. The summed E-state index contributed by atoms with van der Waals surface area (Å²) in [5.41, 5.74) is 0. The van der Waals surface area contributed by atoms with Gasteiger partial charge in [0, 0.05) is 6.42 Å². The molecule has 0 aromatic carbocycles. The van der Waals surface area contributed by atoms with Gasteiger partial charge in [0.15, 0.2) is 11.2 Å². The monoisotopic (exact) mass is 210 g/mol. The van der Waals surface area contributed by atoms with Crippen molar-refractivity contribution < 1.29 is 25.2 Å². The Balaban J connectivity index is 4.06. The van der Waals surface area contributed by atoms with Crippen molar-refractivity contribution in [1.29, 1.82) is 0 Å². The minimum atomic E-state index is -2.89. The fourth-order valence-electron chi connectivity index (χ4n) is 0.745. The molecular weight excluding hydrogens is 196 g/mol. The third kappa shape index (κ3) is 5.12. The fraction of sp³-hybridized carbons (Fsp3) is 0.857. The lowest BCUT2D eigenvalue weighted by Gasteiger charge is -2.25. The summed E-state index contributed by atoms with van der Waals surface area (Å²) in [7, 11) is 0. The van der Waals surface area contributed by atoms with Gasteiger partial charge in [-0.2, -0.15) is 0 Å². The quantitative estimate of drug-likeness (QED) is 0.348. The predicted octanol–water partition coefficient (Wildman–Crippen LogP) is -0.878. The molecule has 0 aliphatic carbocycles. The largest absolute Gasteiger partial charge is 0.475 e. The Hall–Kier alpha value is -0.270. The smallest absolute Gasteiger partial charge is 0.314 e. The standard InChI is InChI=1S/C7H14O5S/c1-2-5(7(9,10)11)12-6(13)3-4-8/h5,8-11H,2-4H2,1H3. The van der Waals surface area contributed by atoms with E-state index in [0.717, 1.165) is 0 Å². The first-order valence-electron chi connectivity index (χ1n) is 3.89. The maximum atomic E-state index is 8.76. The second kappa shape index (κ2) is 5.46. The van der Waals surface area contributed by atoms with E-state index in [0.29, 0.717) is 0 Å². The van der Waals surface area contributed by atoms with Gasteiger partial charge in [-0.05, 0) is 18.6 Å². The molecular formula is C7H14O5S. The first-order valence-corrected chi connectivity index (χ1v) is 4.30. The Morgan fingerprint density at radius 3 is 2.31 bits per heavy atom. The van der Waals surface area contributed by atoms with Crippen LogP contribution in [0.1, 0.15) is 19.8 Å². The number of hydrogen-bond donors (Lipinski definition) is 4. The van der Waals surface area contributed by atoms with Crippen molar-refractivity contribution in [2.24, 2.45) is 0 Å². The van der Waals surface area contributed by atoms with Gasteiger partial charge in [0.1, 0.15) is 0 Å². The summed E-state index contributed by atoms with van der Waals surface area (Å²) in [6.07, 6.45) is -0.872. The van der Waals surface area contributed by atoms with Gasteiger partial charge in [0.2, 0.25) is 0 Å². The van der Waals surface area contributed by atoms with Gasteiger partial charge in [-0.25, -0.2) is 0 Å². The van der Waals surface area contributed by atoms with Crippen molar-refractivity contribution in [3.63, 3.8) is 0 Å². The molecule has 6 heteroatoms. The van der Waals surface area contributed by atoms with E-state index >= 15 is 0 Å². The average molecular weight is 210 g/mol. The van der Waals surface area contributed by atoms with Gasteiger partial charge in [-0.1, -0.05) is 6.92 Å². The molecule has 78 valence electrons. The van der Waals surface area contributed by atoms with Gasteiger partial charge in [-0.15, -0.1) is 0 Å². The molecule has 4 N–H and O–H groups in total. The molecule has 0 rings (SSSR count). The molecule has 0 saturated carbocycles. The first kappa shape index (κ1) is 12.7. The van der Waals surface area contributed by atoms with Crippen molar-refractivity contribution in [3.8, 4) is 0 Å². The van der Waals surface area contributed by atoms with Gasteiger partial charge in [0.25, 0.3) is 0 Å². The molecule has 0 radical (unpaired) electrons. The maximum absolute atomic E-state index is 8.76. The normalized spacial score (nSPS) is 13.9. The topological polar surface area (TPSA) is 90.2 Å². The van der Waals surface area contributed by atoms with E-state index < -0.39 is 12.1 Å². The highest BCUT2D eigenvalue weighted by Crippen LogP contribution is 2.12. The maximum Gasteiger partial charge on any atom is 0.314 e.